The van der Waals surface area contributed by atoms with Crippen molar-refractivity contribution < 1.29 is 13.9 Å². The van der Waals surface area contributed by atoms with Crippen LogP contribution in [0.25, 0.3) is 16.2 Å². The van der Waals surface area contributed by atoms with Crippen molar-refractivity contribution in [3.8, 4) is 11.3 Å². The van der Waals surface area contributed by atoms with Crippen LogP contribution >= 0.6 is 11.3 Å². The second-order valence-electron chi connectivity index (χ2n) is 7.12. The second kappa shape index (κ2) is 7.49. The average Bonchev–Trinajstić information content (AvgIpc) is 3.43. The molecule has 0 aliphatic heterocycles. The summed E-state index contributed by atoms with van der Waals surface area (Å²) in [5, 5.41) is 8.49. The number of carbonyl (C=O) groups excluding carboxylic acids is 1. The van der Waals surface area contributed by atoms with Crippen LogP contribution < -0.4 is 5.32 Å². The van der Waals surface area contributed by atoms with E-state index in [1.807, 2.05) is 12.3 Å². The number of halogens is 1. The van der Waals surface area contributed by atoms with E-state index in [2.05, 4.69) is 20.4 Å². The van der Waals surface area contributed by atoms with Crippen molar-refractivity contribution in [2.24, 2.45) is 0 Å². The molecule has 3 heterocycles. The number of esters is 1. The normalized spacial score (nSPS) is 13.5. The highest BCUT2D eigenvalue weighted by molar-refractivity contribution is 7.20. The molecule has 9 heteroatoms. The van der Waals surface area contributed by atoms with Crippen molar-refractivity contribution >= 4 is 27.4 Å². The third kappa shape index (κ3) is 3.63. The number of ether oxygens (including phenoxy) is 1. The summed E-state index contributed by atoms with van der Waals surface area (Å²) in [6, 6.07) is 9.84. The molecule has 152 valence electrons. The zero-order valence-electron chi connectivity index (χ0n) is 16.1. The van der Waals surface area contributed by atoms with E-state index in [9.17, 15) is 9.18 Å². The van der Waals surface area contributed by atoms with Crippen LogP contribution in [0.3, 0.4) is 0 Å². The summed E-state index contributed by atoms with van der Waals surface area (Å²) in [5.74, 6) is -0.281. The molecule has 0 radical (unpaired) electrons. The van der Waals surface area contributed by atoms with Gasteiger partial charge < -0.3 is 10.1 Å². The topological polar surface area (TPSA) is 81.4 Å². The van der Waals surface area contributed by atoms with Crippen LogP contribution in [0.15, 0.2) is 42.6 Å². The lowest BCUT2D eigenvalue weighted by molar-refractivity contribution is 0.0598. The first-order chi connectivity index (χ1) is 14.6. The van der Waals surface area contributed by atoms with Crippen LogP contribution in [-0.4, -0.2) is 32.7 Å². The van der Waals surface area contributed by atoms with Crippen molar-refractivity contribution in [2.75, 3.05) is 12.4 Å². The molecule has 4 aromatic rings. The van der Waals surface area contributed by atoms with Gasteiger partial charge in [-0.2, -0.15) is 0 Å². The number of nitrogens with one attached hydrogen (secondary N) is 1. The number of benzene rings is 1. The Bertz CT molecular complexity index is 1200. The summed E-state index contributed by atoms with van der Waals surface area (Å²) in [4.78, 5) is 21.9. The number of hydrogen-bond acceptors (Lipinski definition) is 7. The zero-order valence-corrected chi connectivity index (χ0v) is 16.9. The zero-order chi connectivity index (χ0) is 20.7. The molecule has 5 rings (SSSR count). The molecule has 30 heavy (non-hydrogen) atoms. The van der Waals surface area contributed by atoms with Gasteiger partial charge in [-0.3, -0.25) is 4.98 Å². The van der Waals surface area contributed by atoms with Crippen LogP contribution in [0, 0.1) is 5.82 Å². The first-order valence-electron chi connectivity index (χ1n) is 9.55. The van der Waals surface area contributed by atoms with Crippen LogP contribution in [0.2, 0.25) is 0 Å². The predicted octanol–water partition coefficient (Wildman–Crippen LogP) is 4.27. The lowest BCUT2D eigenvalue weighted by atomic mass is 10.1. The number of hydrogen-bond donors (Lipinski definition) is 1. The molecule has 0 atom stereocenters. The molecule has 0 spiro atoms. The van der Waals surface area contributed by atoms with E-state index < -0.39 is 0 Å². The molecule has 1 fully saturated rings. The number of pyridine rings is 1. The highest BCUT2D eigenvalue weighted by Crippen LogP contribution is 2.40. The largest absolute Gasteiger partial charge is 0.465 e. The van der Waals surface area contributed by atoms with Crippen LogP contribution in [0.5, 0.6) is 0 Å². The van der Waals surface area contributed by atoms with E-state index in [1.54, 1.807) is 22.7 Å². The van der Waals surface area contributed by atoms with E-state index >= 15 is 0 Å². The van der Waals surface area contributed by atoms with Crippen LogP contribution in [0.1, 0.15) is 40.5 Å². The first-order valence-corrected chi connectivity index (χ1v) is 10.4. The summed E-state index contributed by atoms with van der Waals surface area (Å²) in [5.41, 5.74) is 3.79. The van der Waals surface area contributed by atoms with Crippen molar-refractivity contribution in [3.05, 3.63) is 65.4 Å². The van der Waals surface area contributed by atoms with E-state index in [0.717, 1.165) is 45.6 Å². The molecule has 7 nitrogen and oxygen atoms in total. The maximum absolute atomic E-state index is 13.1. The minimum atomic E-state index is -0.345. The van der Waals surface area contributed by atoms with Crippen LogP contribution in [0.4, 0.5) is 9.52 Å². The highest BCUT2D eigenvalue weighted by Gasteiger charge is 2.30. The predicted molar refractivity (Wildman–Crippen MR) is 111 cm³/mol. The molecule has 0 saturated heterocycles. The monoisotopic (exact) mass is 423 g/mol. The van der Waals surface area contributed by atoms with Gasteiger partial charge in [-0.15, -0.1) is 5.10 Å². The van der Waals surface area contributed by atoms with Crippen LogP contribution in [-0.2, 0) is 11.3 Å². The fraction of sp³-hybridized carbons (Fsp3) is 0.238. The number of carbonyl (C=O) groups is 1. The molecule has 3 aromatic heterocycles. The van der Waals surface area contributed by atoms with Gasteiger partial charge in [0, 0.05) is 11.5 Å². The lowest BCUT2D eigenvalue weighted by Crippen LogP contribution is -2.10. The smallest absolute Gasteiger partial charge is 0.339 e. The Balaban J connectivity index is 1.31. The number of rotatable bonds is 6. The molecule has 1 aliphatic carbocycles. The summed E-state index contributed by atoms with van der Waals surface area (Å²) in [7, 11) is 1.38. The van der Waals surface area contributed by atoms with Gasteiger partial charge in [0.25, 0.3) is 0 Å². The maximum atomic E-state index is 13.1. The molecule has 0 bridgehead atoms. The fourth-order valence-electron chi connectivity index (χ4n) is 3.26. The Morgan fingerprint density at radius 1 is 1.23 bits per heavy atom. The Morgan fingerprint density at radius 2 is 2.03 bits per heavy atom. The molecule has 1 aromatic carbocycles. The number of fused-ring (bicyclic) bond motifs is 1. The SMILES string of the molecule is COC(=O)c1ccc(CNc2nn3cc(-c4ccc(F)cc4)nc3s2)nc1C1CC1. The number of nitrogens with zero attached hydrogens (tertiary/aromatic N) is 4. The van der Waals surface area contributed by atoms with Gasteiger partial charge in [0.05, 0.1) is 42.5 Å². The summed E-state index contributed by atoms with van der Waals surface area (Å²) < 4.78 is 19.7. The van der Waals surface area contributed by atoms with Crippen molar-refractivity contribution in [1.29, 1.82) is 0 Å². The van der Waals surface area contributed by atoms with Gasteiger partial charge in [0.2, 0.25) is 10.1 Å². The minimum absolute atomic E-state index is 0.276. The molecule has 1 aliphatic rings. The standard InChI is InChI=1S/C21H18FN5O2S/c1-29-19(28)16-9-8-15(24-18(16)13-2-3-13)10-23-20-26-27-11-17(25-21(27)30-20)12-4-6-14(22)7-5-12/h4-9,11,13H,2-3,10H2,1H3,(H,23,26). The van der Waals surface area contributed by atoms with E-state index in [4.69, 9.17) is 4.74 Å². The number of methoxy groups -OCH3 is 1. The molecule has 1 saturated carbocycles. The van der Waals surface area contributed by atoms with E-state index in [-0.39, 0.29) is 11.8 Å². The number of anilines is 1. The molecule has 0 unspecified atom stereocenters. The van der Waals surface area contributed by atoms with Gasteiger partial charge in [-0.1, -0.05) is 11.3 Å². The molecule has 1 N–H and O–H groups in total. The van der Waals surface area contributed by atoms with E-state index in [1.165, 1.54) is 30.6 Å². The first kappa shape index (κ1) is 18.7. The summed E-state index contributed by atoms with van der Waals surface area (Å²) in [6.07, 6.45) is 3.92. The minimum Gasteiger partial charge on any atom is -0.465 e. The van der Waals surface area contributed by atoms with Crippen molar-refractivity contribution in [1.82, 2.24) is 19.6 Å². The van der Waals surface area contributed by atoms with E-state index in [0.29, 0.717) is 18.0 Å². The maximum Gasteiger partial charge on any atom is 0.339 e. The Kier molecular flexibility index (Phi) is 4.66. The fourth-order valence-corrected chi connectivity index (χ4v) is 4.04. The highest BCUT2D eigenvalue weighted by atomic mass is 32.1. The third-order valence-corrected chi connectivity index (χ3v) is 5.84. The average molecular weight is 423 g/mol. The van der Waals surface area contributed by atoms with Gasteiger partial charge in [0.15, 0.2) is 0 Å². The lowest BCUT2D eigenvalue weighted by Gasteiger charge is -2.09. The molecular formula is C21H18FN5O2S. The van der Waals surface area contributed by atoms with Gasteiger partial charge in [-0.05, 0) is 49.2 Å². The second-order valence-corrected chi connectivity index (χ2v) is 8.08. The quantitative estimate of drug-likeness (QED) is 0.467. The van der Waals surface area contributed by atoms with Gasteiger partial charge in [-0.25, -0.2) is 18.7 Å². The molecular weight excluding hydrogens is 405 g/mol. The van der Waals surface area contributed by atoms with Crippen molar-refractivity contribution in [3.63, 3.8) is 0 Å². The molecule has 0 amide bonds. The summed E-state index contributed by atoms with van der Waals surface area (Å²) >= 11 is 1.42. The number of imidazole rings is 1. The Morgan fingerprint density at radius 3 is 2.73 bits per heavy atom. The Hall–Kier alpha value is -3.33. The number of aromatic nitrogens is 4. The summed E-state index contributed by atoms with van der Waals surface area (Å²) in [6.45, 7) is 0.489. The van der Waals surface area contributed by atoms with Gasteiger partial charge >= 0.3 is 5.97 Å². The van der Waals surface area contributed by atoms with Gasteiger partial charge in [0.1, 0.15) is 5.82 Å². The third-order valence-electron chi connectivity index (χ3n) is 4.96. The van der Waals surface area contributed by atoms with Crippen molar-refractivity contribution in [2.45, 2.75) is 25.3 Å². The Labute approximate surface area is 175 Å².